The first-order valence-corrected chi connectivity index (χ1v) is 6.64. The third-order valence-corrected chi connectivity index (χ3v) is 3.35. The lowest BCUT2D eigenvalue weighted by atomic mass is 10.0. The highest BCUT2D eigenvalue weighted by atomic mass is 16.5. The summed E-state index contributed by atoms with van der Waals surface area (Å²) in [5, 5.41) is 5.65. The van der Waals surface area contributed by atoms with Gasteiger partial charge < -0.3 is 21.1 Å². The number of hydrogen-bond donors (Lipinski definition) is 3. The van der Waals surface area contributed by atoms with Gasteiger partial charge in [-0.2, -0.15) is 0 Å². The first kappa shape index (κ1) is 13.7. The number of anilines is 2. The Hall–Kier alpha value is -1.75. The molecule has 1 aliphatic heterocycles. The zero-order valence-corrected chi connectivity index (χ0v) is 11.2. The molecule has 0 aromatic heterocycles. The fourth-order valence-electron chi connectivity index (χ4n) is 2.15. The van der Waals surface area contributed by atoms with Crippen LogP contribution in [-0.4, -0.2) is 25.8 Å². The van der Waals surface area contributed by atoms with Crippen LogP contribution in [-0.2, 0) is 4.74 Å². The van der Waals surface area contributed by atoms with Gasteiger partial charge in [-0.3, -0.25) is 0 Å². The van der Waals surface area contributed by atoms with Crippen molar-refractivity contribution in [1.29, 1.82) is 0 Å². The van der Waals surface area contributed by atoms with Gasteiger partial charge in [-0.05, 0) is 43.4 Å². The molecule has 1 aromatic rings. The largest absolute Gasteiger partial charge is 0.397 e. The number of urea groups is 1. The molecule has 0 bridgehead atoms. The predicted molar refractivity (Wildman–Crippen MR) is 76.2 cm³/mol. The fourth-order valence-corrected chi connectivity index (χ4v) is 2.15. The van der Waals surface area contributed by atoms with E-state index in [1.165, 1.54) is 0 Å². The number of hydrogen-bond acceptors (Lipinski definition) is 3. The zero-order chi connectivity index (χ0) is 13.7. The summed E-state index contributed by atoms with van der Waals surface area (Å²) in [6.45, 7) is 4.23. The van der Waals surface area contributed by atoms with Gasteiger partial charge in [-0.25, -0.2) is 4.79 Å². The van der Waals surface area contributed by atoms with Crippen LogP contribution in [0.1, 0.15) is 18.4 Å². The van der Waals surface area contributed by atoms with E-state index in [0.29, 0.717) is 23.8 Å². The van der Waals surface area contributed by atoms with Crippen LogP contribution in [0.2, 0.25) is 0 Å². The van der Waals surface area contributed by atoms with Gasteiger partial charge in [-0.15, -0.1) is 0 Å². The molecule has 0 aliphatic carbocycles. The van der Waals surface area contributed by atoms with Crippen LogP contribution < -0.4 is 16.4 Å². The molecule has 0 spiro atoms. The van der Waals surface area contributed by atoms with Crippen molar-refractivity contribution in [3.05, 3.63) is 23.8 Å². The first-order valence-electron chi connectivity index (χ1n) is 6.64. The van der Waals surface area contributed by atoms with E-state index >= 15 is 0 Å². The van der Waals surface area contributed by atoms with Crippen molar-refractivity contribution >= 4 is 17.4 Å². The molecule has 4 N–H and O–H groups in total. The summed E-state index contributed by atoms with van der Waals surface area (Å²) in [5.74, 6) is 0.509. The molecule has 5 heteroatoms. The van der Waals surface area contributed by atoms with E-state index in [9.17, 15) is 4.79 Å². The fraction of sp³-hybridized carbons (Fsp3) is 0.500. The monoisotopic (exact) mass is 263 g/mol. The predicted octanol–water partition coefficient (Wildman–Crippen LogP) is 2.13. The summed E-state index contributed by atoms with van der Waals surface area (Å²) in [6.07, 6.45) is 2.01. The summed E-state index contributed by atoms with van der Waals surface area (Å²) in [5.41, 5.74) is 8.16. The standard InChI is InChI=1S/C14H21N3O2/c1-10-2-3-13(12(15)8-10)17-14(18)16-9-11-4-6-19-7-5-11/h2-3,8,11H,4-7,9,15H2,1H3,(H2,16,17,18). The number of carbonyl (C=O) groups is 1. The van der Waals surface area contributed by atoms with Gasteiger partial charge in [-0.1, -0.05) is 6.07 Å². The van der Waals surface area contributed by atoms with E-state index in [4.69, 9.17) is 10.5 Å². The Morgan fingerprint density at radius 1 is 1.42 bits per heavy atom. The van der Waals surface area contributed by atoms with Crippen molar-refractivity contribution in [2.45, 2.75) is 19.8 Å². The molecule has 104 valence electrons. The number of rotatable bonds is 3. The lowest BCUT2D eigenvalue weighted by Crippen LogP contribution is -2.35. The Labute approximate surface area is 113 Å². The van der Waals surface area contributed by atoms with Crippen molar-refractivity contribution in [2.75, 3.05) is 30.8 Å². The van der Waals surface area contributed by atoms with Crippen LogP contribution in [0.25, 0.3) is 0 Å². The Bertz CT molecular complexity index is 442. The van der Waals surface area contributed by atoms with Crippen molar-refractivity contribution in [3.8, 4) is 0 Å². The highest BCUT2D eigenvalue weighted by molar-refractivity contribution is 5.92. The summed E-state index contributed by atoms with van der Waals surface area (Å²) in [6, 6.07) is 5.37. The van der Waals surface area contributed by atoms with E-state index in [-0.39, 0.29) is 6.03 Å². The Kier molecular flexibility index (Phi) is 4.63. The third-order valence-electron chi connectivity index (χ3n) is 3.35. The molecule has 0 unspecified atom stereocenters. The number of nitrogen functional groups attached to an aromatic ring is 1. The van der Waals surface area contributed by atoms with Crippen LogP contribution >= 0.6 is 0 Å². The molecule has 0 atom stereocenters. The first-order chi connectivity index (χ1) is 9.15. The van der Waals surface area contributed by atoms with Gasteiger partial charge in [0.2, 0.25) is 0 Å². The second kappa shape index (κ2) is 6.43. The molecule has 1 fully saturated rings. The number of nitrogens with two attached hydrogens (primary N) is 1. The summed E-state index contributed by atoms with van der Waals surface area (Å²) >= 11 is 0. The van der Waals surface area contributed by atoms with Gasteiger partial charge >= 0.3 is 6.03 Å². The highest BCUT2D eigenvalue weighted by Crippen LogP contribution is 2.19. The number of aryl methyl sites for hydroxylation is 1. The van der Waals surface area contributed by atoms with Crippen molar-refractivity contribution < 1.29 is 9.53 Å². The number of amides is 2. The maximum Gasteiger partial charge on any atom is 0.319 e. The molecule has 2 amide bonds. The number of carbonyl (C=O) groups excluding carboxylic acids is 1. The second-order valence-corrected chi connectivity index (χ2v) is 4.98. The molecule has 1 aromatic carbocycles. The SMILES string of the molecule is Cc1ccc(NC(=O)NCC2CCOCC2)c(N)c1. The molecule has 5 nitrogen and oxygen atoms in total. The highest BCUT2D eigenvalue weighted by Gasteiger charge is 2.14. The van der Waals surface area contributed by atoms with Gasteiger partial charge in [0.15, 0.2) is 0 Å². The van der Waals surface area contributed by atoms with E-state index < -0.39 is 0 Å². The molecule has 0 radical (unpaired) electrons. The Balaban J connectivity index is 1.80. The quantitative estimate of drug-likeness (QED) is 0.731. The zero-order valence-electron chi connectivity index (χ0n) is 11.2. The molecule has 1 aliphatic rings. The molecule has 2 rings (SSSR count). The molecular formula is C14H21N3O2. The minimum absolute atomic E-state index is 0.206. The number of ether oxygens (including phenoxy) is 1. The third kappa shape index (κ3) is 4.13. The summed E-state index contributed by atoms with van der Waals surface area (Å²) in [7, 11) is 0. The van der Waals surface area contributed by atoms with E-state index in [2.05, 4.69) is 10.6 Å². The van der Waals surface area contributed by atoms with Crippen LogP contribution in [0, 0.1) is 12.8 Å². The maximum absolute atomic E-state index is 11.8. The van der Waals surface area contributed by atoms with Crippen LogP contribution in [0.15, 0.2) is 18.2 Å². The average molecular weight is 263 g/mol. The smallest absolute Gasteiger partial charge is 0.319 e. The van der Waals surface area contributed by atoms with Gasteiger partial charge in [0.1, 0.15) is 0 Å². The van der Waals surface area contributed by atoms with Crippen LogP contribution in [0.3, 0.4) is 0 Å². The van der Waals surface area contributed by atoms with E-state index in [0.717, 1.165) is 31.6 Å². The van der Waals surface area contributed by atoms with Crippen LogP contribution in [0.4, 0.5) is 16.2 Å². The Morgan fingerprint density at radius 3 is 2.84 bits per heavy atom. The van der Waals surface area contributed by atoms with E-state index in [1.807, 2.05) is 25.1 Å². The van der Waals surface area contributed by atoms with E-state index in [1.54, 1.807) is 0 Å². The van der Waals surface area contributed by atoms with Crippen molar-refractivity contribution in [1.82, 2.24) is 5.32 Å². The summed E-state index contributed by atoms with van der Waals surface area (Å²) in [4.78, 5) is 11.8. The minimum atomic E-state index is -0.206. The van der Waals surface area contributed by atoms with Gasteiger partial charge in [0.25, 0.3) is 0 Å². The van der Waals surface area contributed by atoms with Crippen LogP contribution in [0.5, 0.6) is 0 Å². The molecular weight excluding hydrogens is 242 g/mol. The molecule has 0 saturated carbocycles. The van der Waals surface area contributed by atoms with Gasteiger partial charge in [0, 0.05) is 19.8 Å². The van der Waals surface area contributed by atoms with Crippen molar-refractivity contribution in [3.63, 3.8) is 0 Å². The Morgan fingerprint density at radius 2 is 2.16 bits per heavy atom. The lowest BCUT2D eigenvalue weighted by Gasteiger charge is -2.22. The minimum Gasteiger partial charge on any atom is -0.397 e. The lowest BCUT2D eigenvalue weighted by molar-refractivity contribution is 0.0671. The molecule has 1 saturated heterocycles. The summed E-state index contributed by atoms with van der Waals surface area (Å²) < 4.78 is 5.28. The number of nitrogens with one attached hydrogen (secondary N) is 2. The molecule has 19 heavy (non-hydrogen) atoms. The maximum atomic E-state index is 11.8. The number of benzene rings is 1. The second-order valence-electron chi connectivity index (χ2n) is 4.98. The van der Waals surface area contributed by atoms with Crippen molar-refractivity contribution in [2.24, 2.45) is 5.92 Å². The normalized spacial score (nSPS) is 16.1. The van der Waals surface area contributed by atoms with Gasteiger partial charge in [0.05, 0.1) is 11.4 Å². The topological polar surface area (TPSA) is 76.4 Å². The average Bonchev–Trinajstić information content (AvgIpc) is 2.41. The molecule has 1 heterocycles.